The summed E-state index contributed by atoms with van der Waals surface area (Å²) in [6.45, 7) is 0. The van der Waals surface area contributed by atoms with Crippen molar-refractivity contribution in [2.45, 2.75) is 0 Å². The van der Waals surface area contributed by atoms with Crippen LogP contribution in [-0.2, 0) is 0 Å². The molecule has 0 atom stereocenters. The van der Waals surface area contributed by atoms with Gasteiger partial charge in [0.15, 0.2) is 0 Å². The number of nitrogens with two attached hydrogens (primary N) is 1. The second-order valence-corrected chi connectivity index (χ2v) is 5.01. The van der Waals surface area contributed by atoms with E-state index in [4.69, 9.17) is 11.1 Å². The second-order valence-electron chi connectivity index (χ2n) is 3.18. The summed E-state index contributed by atoms with van der Waals surface area (Å²) in [6, 6.07) is 5.51. The minimum Gasteiger partial charge on any atom is -0.384 e. The molecule has 1 aromatic heterocycles. The Balaban J connectivity index is 2.62. The topological polar surface area (TPSA) is 67.7 Å². The van der Waals surface area contributed by atoms with Crippen LogP contribution in [0, 0.1) is 5.41 Å². The number of hydrogen-bond donors (Lipinski definition) is 2. The van der Waals surface area contributed by atoms with Gasteiger partial charge in [-0.2, -0.15) is 5.10 Å². The molecule has 82 valence electrons. The minimum absolute atomic E-state index is 0.0223. The molecule has 3 N–H and O–H groups in total. The van der Waals surface area contributed by atoms with Crippen LogP contribution in [0.4, 0.5) is 0 Å². The molecule has 1 heterocycles. The van der Waals surface area contributed by atoms with Crippen molar-refractivity contribution in [1.82, 2.24) is 9.78 Å². The summed E-state index contributed by atoms with van der Waals surface area (Å²) in [7, 11) is 0. The third-order valence-electron chi connectivity index (χ3n) is 2.05. The fourth-order valence-corrected chi connectivity index (χ4v) is 1.99. The van der Waals surface area contributed by atoms with Gasteiger partial charge in [-0.05, 0) is 34.1 Å². The molecular formula is C10H8Br2N4. The largest absolute Gasteiger partial charge is 0.384 e. The van der Waals surface area contributed by atoms with Gasteiger partial charge in [-0.15, -0.1) is 0 Å². The normalized spacial score (nSPS) is 10.4. The van der Waals surface area contributed by atoms with E-state index in [9.17, 15) is 0 Å². The summed E-state index contributed by atoms with van der Waals surface area (Å²) >= 11 is 6.71. The number of nitrogen functional groups attached to an aromatic ring is 1. The number of rotatable bonds is 2. The summed E-state index contributed by atoms with van der Waals surface area (Å²) in [4.78, 5) is 0. The quantitative estimate of drug-likeness (QED) is 0.650. The first-order chi connectivity index (χ1) is 7.58. The molecule has 0 saturated heterocycles. The van der Waals surface area contributed by atoms with E-state index in [2.05, 4.69) is 37.0 Å². The first-order valence-electron chi connectivity index (χ1n) is 4.42. The van der Waals surface area contributed by atoms with E-state index in [1.807, 2.05) is 18.3 Å². The van der Waals surface area contributed by atoms with Crippen molar-refractivity contribution in [3.8, 4) is 5.69 Å². The van der Waals surface area contributed by atoms with E-state index < -0.39 is 0 Å². The molecule has 0 spiro atoms. The van der Waals surface area contributed by atoms with Gasteiger partial charge in [-0.1, -0.05) is 15.9 Å². The lowest BCUT2D eigenvalue weighted by Crippen LogP contribution is -2.14. The smallest absolute Gasteiger partial charge is 0.124 e. The van der Waals surface area contributed by atoms with Crippen LogP contribution in [0.3, 0.4) is 0 Å². The lowest BCUT2D eigenvalue weighted by atomic mass is 10.1. The zero-order valence-corrected chi connectivity index (χ0v) is 11.3. The van der Waals surface area contributed by atoms with Crippen molar-refractivity contribution >= 4 is 37.7 Å². The molecule has 1 aromatic carbocycles. The Bertz CT molecular complexity index is 548. The average molecular weight is 344 g/mol. The third kappa shape index (κ3) is 2.17. The Morgan fingerprint density at radius 2 is 2.06 bits per heavy atom. The number of amidine groups is 1. The molecule has 0 bridgehead atoms. The van der Waals surface area contributed by atoms with Crippen LogP contribution in [0.1, 0.15) is 5.56 Å². The number of nitrogens with zero attached hydrogens (tertiary/aromatic N) is 2. The summed E-state index contributed by atoms with van der Waals surface area (Å²) in [5.41, 5.74) is 6.95. The van der Waals surface area contributed by atoms with Gasteiger partial charge in [-0.3, -0.25) is 5.41 Å². The van der Waals surface area contributed by atoms with Crippen LogP contribution in [-0.4, -0.2) is 15.6 Å². The van der Waals surface area contributed by atoms with Gasteiger partial charge in [0.2, 0.25) is 0 Å². The molecule has 16 heavy (non-hydrogen) atoms. The molecule has 0 unspecified atom stereocenters. The van der Waals surface area contributed by atoms with E-state index in [1.54, 1.807) is 16.9 Å². The minimum atomic E-state index is 0.0223. The number of halogens is 2. The second kappa shape index (κ2) is 4.39. The molecular weight excluding hydrogens is 336 g/mol. The lowest BCUT2D eigenvalue weighted by Gasteiger charge is -2.08. The summed E-state index contributed by atoms with van der Waals surface area (Å²) in [5, 5.41) is 11.7. The van der Waals surface area contributed by atoms with Crippen molar-refractivity contribution in [2.24, 2.45) is 5.73 Å². The Kier molecular flexibility index (Phi) is 3.11. The number of aromatic nitrogens is 2. The van der Waals surface area contributed by atoms with Crippen LogP contribution in [0.15, 0.2) is 39.5 Å². The molecule has 0 radical (unpaired) electrons. The molecule has 0 aliphatic heterocycles. The monoisotopic (exact) mass is 342 g/mol. The van der Waals surface area contributed by atoms with Crippen molar-refractivity contribution in [3.63, 3.8) is 0 Å². The molecule has 2 rings (SSSR count). The van der Waals surface area contributed by atoms with E-state index in [-0.39, 0.29) is 5.84 Å². The van der Waals surface area contributed by atoms with Gasteiger partial charge in [-0.25, -0.2) is 4.68 Å². The predicted molar refractivity (Wildman–Crippen MR) is 70.0 cm³/mol. The Morgan fingerprint density at radius 3 is 2.62 bits per heavy atom. The highest BCUT2D eigenvalue weighted by Crippen LogP contribution is 2.21. The van der Waals surface area contributed by atoms with Crippen LogP contribution in [0.25, 0.3) is 5.69 Å². The van der Waals surface area contributed by atoms with Gasteiger partial charge in [0.1, 0.15) is 5.84 Å². The molecule has 0 aliphatic carbocycles. The maximum absolute atomic E-state index is 7.51. The maximum atomic E-state index is 7.51. The SMILES string of the molecule is N=C(N)c1ccc(Br)cc1-n1cc(Br)cn1. The number of benzene rings is 1. The summed E-state index contributed by atoms with van der Waals surface area (Å²) < 4.78 is 3.46. The van der Waals surface area contributed by atoms with Crippen molar-refractivity contribution in [1.29, 1.82) is 5.41 Å². The molecule has 0 aliphatic rings. The fraction of sp³-hybridized carbons (Fsp3) is 0. The highest BCUT2D eigenvalue weighted by Gasteiger charge is 2.09. The number of hydrogen-bond acceptors (Lipinski definition) is 2. The highest BCUT2D eigenvalue weighted by atomic mass is 79.9. The van der Waals surface area contributed by atoms with Crippen LogP contribution in [0.5, 0.6) is 0 Å². The van der Waals surface area contributed by atoms with Crippen LogP contribution in [0.2, 0.25) is 0 Å². The van der Waals surface area contributed by atoms with Crippen LogP contribution >= 0.6 is 31.9 Å². The zero-order valence-electron chi connectivity index (χ0n) is 8.11. The van der Waals surface area contributed by atoms with Crippen molar-refractivity contribution < 1.29 is 0 Å². The van der Waals surface area contributed by atoms with Gasteiger partial charge in [0, 0.05) is 16.2 Å². The van der Waals surface area contributed by atoms with E-state index in [0.29, 0.717) is 5.56 Å². The Labute approximate surface area is 109 Å². The molecule has 2 aromatic rings. The van der Waals surface area contributed by atoms with Gasteiger partial charge >= 0.3 is 0 Å². The molecule has 6 heteroatoms. The molecule has 0 saturated carbocycles. The van der Waals surface area contributed by atoms with E-state index in [1.165, 1.54) is 0 Å². The highest BCUT2D eigenvalue weighted by molar-refractivity contribution is 9.10. The fourth-order valence-electron chi connectivity index (χ4n) is 1.35. The van der Waals surface area contributed by atoms with Crippen LogP contribution < -0.4 is 5.73 Å². The van der Waals surface area contributed by atoms with Gasteiger partial charge in [0.25, 0.3) is 0 Å². The third-order valence-corrected chi connectivity index (χ3v) is 2.95. The Hall–Kier alpha value is -1.14. The first kappa shape index (κ1) is 11.3. The van der Waals surface area contributed by atoms with E-state index in [0.717, 1.165) is 14.6 Å². The summed E-state index contributed by atoms with van der Waals surface area (Å²) in [5.74, 6) is 0.0223. The lowest BCUT2D eigenvalue weighted by molar-refractivity contribution is 0.877. The number of nitrogens with one attached hydrogen (secondary N) is 1. The van der Waals surface area contributed by atoms with Crippen molar-refractivity contribution in [3.05, 3.63) is 45.1 Å². The van der Waals surface area contributed by atoms with E-state index >= 15 is 0 Å². The molecule has 4 nitrogen and oxygen atoms in total. The zero-order chi connectivity index (χ0) is 11.7. The standard InChI is InChI=1S/C10H8Br2N4/c11-6-1-2-8(10(13)14)9(3-6)16-5-7(12)4-15-16/h1-5H,(H3,13,14). The van der Waals surface area contributed by atoms with Gasteiger partial charge < -0.3 is 5.73 Å². The van der Waals surface area contributed by atoms with Crippen molar-refractivity contribution in [2.75, 3.05) is 0 Å². The summed E-state index contributed by atoms with van der Waals surface area (Å²) in [6.07, 6.45) is 3.50. The Morgan fingerprint density at radius 1 is 1.31 bits per heavy atom. The molecule has 0 fully saturated rings. The molecule has 0 amide bonds. The van der Waals surface area contributed by atoms with Gasteiger partial charge in [0.05, 0.1) is 16.4 Å². The maximum Gasteiger partial charge on any atom is 0.124 e. The predicted octanol–water partition coefficient (Wildman–Crippen LogP) is 2.68. The average Bonchev–Trinajstić information content (AvgIpc) is 2.64. The first-order valence-corrected chi connectivity index (χ1v) is 6.01.